The van der Waals surface area contributed by atoms with Crippen LogP contribution >= 0.6 is 11.3 Å². The molecule has 0 spiro atoms. The first-order chi connectivity index (χ1) is 20.3. The molecule has 2 atom stereocenters. The number of thiazole rings is 1. The van der Waals surface area contributed by atoms with Crippen LogP contribution in [0, 0.1) is 12.8 Å². The largest absolute Gasteiger partial charge is 0.755 e. The third kappa shape index (κ3) is 7.29. The van der Waals surface area contributed by atoms with Gasteiger partial charge in [0.1, 0.15) is 15.9 Å². The minimum absolute atomic E-state index is 0.306. The number of ether oxygens (including phenoxy) is 1. The second kappa shape index (κ2) is 13.1. The van der Waals surface area contributed by atoms with Gasteiger partial charge in [0.05, 0.1) is 18.4 Å². The van der Waals surface area contributed by atoms with E-state index in [4.69, 9.17) is 4.74 Å². The van der Waals surface area contributed by atoms with Crippen LogP contribution in [0.3, 0.4) is 0 Å². The second-order valence-corrected chi connectivity index (χ2v) is 11.7. The van der Waals surface area contributed by atoms with E-state index in [0.717, 1.165) is 38.9 Å². The lowest BCUT2D eigenvalue weighted by Gasteiger charge is -2.35. The van der Waals surface area contributed by atoms with Crippen LogP contribution in [0.25, 0.3) is 21.7 Å². The molecule has 3 aromatic carbocycles. The summed E-state index contributed by atoms with van der Waals surface area (Å²) in [4.78, 5) is 30.0. The summed E-state index contributed by atoms with van der Waals surface area (Å²) in [5.74, 6) is -1.40. The van der Waals surface area contributed by atoms with Crippen LogP contribution in [0.5, 0.6) is 0 Å². The SMILES string of the molecule is COC(=O)C(C(C)C)N(c1ccc(-c2ccc(NC(=O)c3sc(-c4ccc(C(F)(F)F)cc4)nc3C)cc2)cc1)S(=O)[O-]. The van der Waals surface area contributed by atoms with Crippen molar-refractivity contribution >= 4 is 45.9 Å². The normalized spacial score (nSPS) is 13.0. The molecule has 4 aromatic rings. The van der Waals surface area contributed by atoms with Gasteiger partial charge in [-0.1, -0.05) is 50.2 Å². The number of methoxy groups -OCH3 is 1. The van der Waals surface area contributed by atoms with Crippen molar-refractivity contribution in [3.8, 4) is 21.7 Å². The monoisotopic (exact) mass is 630 g/mol. The maximum atomic E-state index is 13.0. The fourth-order valence-corrected chi connectivity index (χ4v) is 6.14. The Balaban J connectivity index is 1.47. The number of nitrogens with one attached hydrogen (secondary N) is 1. The maximum absolute atomic E-state index is 13.0. The van der Waals surface area contributed by atoms with Crippen LogP contribution in [-0.2, 0) is 27.0 Å². The molecule has 8 nitrogen and oxygen atoms in total. The molecule has 13 heteroatoms. The zero-order chi connectivity index (χ0) is 31.5. The highest BCUT2D eigenvalue weighted by Gasteiger charge is 2.32. The van der Waals surface area contributed by atoms with Gasteiger partial charge in [0.2, 0.25) is 0 Å². The van der Waals surface area contributed by atoms with Crippen LogP contribution < -0.4 is 9.62 Å². The maximum Gasteiger partial charge on any atom is 0.416 e. The highest BCUT2D eigenvalue weighted by molar-refractivity contribution is 7.80. The van der Waals surface area contributed by atoms with Crippen LogP contribution in [0.1, 0.15) is 34.8 Å². The zero-order valence-electron chi connectivity index (χ0n) is 23.5. The van der Waals surface area contributed by atoms with E-state index in [0.29, 0.717) is 32.5 Å². The second-order valence-electron chi connectivity index (χ2n) is 9.84. The molecule has 1 heterocycles. The number of hydrogen-bond acceptors (Lipinski definition) is 7. The van der Waals surface area contributed by atoms with E-state index in [-0.39, 0.29) is 5.92 Å². The quantitative estimate of drug-likeness (QED) is 0.160. The zero-order valence-corrected chi connectivity index (χ0v) is 25.1. The Labute approximate surface area is 253 Å². The number of rotatable bonds is 9. The molecule has 0 fully saturated rings. The highest BCUT2D eigenvalue weighted by atomic mass is 32.2. The number of esters is 1. The lowest BCUT2D eigenvalue weighted by atomic mass is 10.0. The van der Waals surface area contributed by atoms with E-state index in [1.54, 1.807) is 69.3 Å². The average molecular weight is 631 g/mol. The van der Waals surface area contributed by atoms with Crippen molar-refractivity contribution in [1.29, 1.82) is 0 Å². The molecular weight excluding hydrogens is 603 g/mol. The number of carbonyl (C=O) groups is 2. The number of amides is 1. The first-order valence-electron chi connectivity index (χ1n) is 12.9. The van der Waals surface area contributed by atoms with Crippen molar-refractivity contribution in [3.63, 3.8) is 0 Å². The molecule has 0 saturated carbocycles. The number of carbonyl (C=O) groups excluding carboxylic acids is 2. The van der Waals surface area contributed by atoms with Gasteiger partial charge in [0.15, 0.2) is 0 Å². The Hall–Kier alpha value is -4.07. The molecule has 4 rings (SSSR count). The first kappa shape index (κ1) is 31.9. The van der Waals surface area contributed by atoms with Crippen molar-refractivity contribution in [3.05, 3.63) is 88.9 Å². The van der Waals surface area contributed by atoms with E-state index in [1.807, 2.05) is 0 Å². The Bertz CT molecular complexity index is 1620. The van der Waals surface area contributed by atoms with Gasteiger partial charge in [-0.2, -0.15) is 13.2 Å². The minimum atomic E-state index is -4.44. The van der Waals surface area contributed by atoms with Gasteiger partial charge in [-0.3, -0.25) is 13.3 Å². The van der Waals surface area contributed by atoms with Gasteiger partial charge < -0.3 is 14.6 Å². The summed E-state index contributed by atoms with van der Waals surface area (Å²) in [5, 5.41) is 3.24. The molecule has 0 saturated heterocycles. The number of halogens is 3. The molecule has 0 aliphatic carbocycles. The van der Waals surface area contributed by atoms with E-state index in [2.05, 4.69) is 10.3 Å². The fourth-order valence-electron chi connectivity index (χ4n) is 4.37. The summed E-state index contributed by atoms with van der Waals surface area (Å²) >= 11 is -1.64. The van der Waals surface area contributed by atoms with Crippen LogP contribution in [0.4, 0.5) is 24.5 Å². The number of alkyl halides is 3. The van der Waals surface area contributed by atoms with E-state index < -0.39 is 40.9 Å². The molecule has 1 N–H and O–H groups in total. The first-order valence-corrected chi connectivity index (χ1v) is 14.8. The van der Waals surface area contributed by atoms with Gasteiger partial charge >= 0.3 is 12.1 Å². The molecule has 43 heavy (non-hydrogen) atoms. The molecule has 0 aliphatic heterocycles. The Morgan fingerprint density at radius 3 is 1.98 bits per heavy atom. The van der Waals surface area contributed by atoms with Crippen molar-refractivity contribution in [1.82, 2.24) is 4.98 Å². The Morgan fingerprint density at radius 1 is 0.953 bits per heavy atom. The van der Waals surface area contributed by atoms with Crippen molar-refractivity contribution < 1.29 is 36.3 Å². The molecular formula is C30H27F3N3O5S2-. The van der Waals surface area contributed by atoms with Gasteiger partial charge in [-0.25, -0.2) is 9.78 Å². The molecule has 1 amide bonds. The van der Waals surface area contributed by atoms with Gasteiger partial charge in [-0.15, -0.1) is 11.3 Å². The van der Waals surface area contributed by atoms with Gasteiger partial charge in [0.25, 0.3) is 5.91 Å². The Morgan fingerprint density at radius 2 is 1.49 bits per heavy atom. The Kier molecular flexibility index (Phi) is 9.68. The van der Waals surface area contributed by atoms with Crippen molar-refractivity contribution in [2.24, 2.45) is 5.92 Å². The molecule has 1 aromatic heterocycles. The van der Waals surface area contributed by atoms with Crippen molar-refractivity contribution in [2.75, 3.05) is 16.7 Å². The minimum Gasteiger partial charge on any atom is -0.755 e. The number of hydrogen-bond donors (Lipinski definition) is 1. The molecule has 2 unspecified atom stereocenters. The van der Waals surface area contributed by atoms with Crippen molar-refractivity contribution in [2.45, 2.75) is 33.0 Å². The average Bonchev–Trinajstić information content (AvgIpc) is 3.37. The lowest BCUT2D eigenvalue weighted by molar-refractivity contribution is -0.143. The van der Waals surface area contributed by atoms with Gasteiger partial charge in [0, 0.05) is 28.2 Å². The summed E-state index contributed by atoms with van der Waals surface area (Å²) in [5.41, 5.74) is 2.56. The van der Waals surface area contributed by atoms with E-state index >= 15 is 0 Å². The van der Waals surface area contributed by atoms with E-state index in [1.165, 1.54) is 19.2 Å². The van der Waals surface area contributed by atoms with Crippen LogP contribution in [-0.4, -0.2) is 38.8 Å². The predicted molar refractivity (Wildman–Crippen MR) is 159 cm³/mol. The smallest absolute Gasteiger partial charge is 0.416 e. The molecule has 0 aliphatic rings. The van der Waals surface area contributed by atoms with Crippen LogP contribution in [0.15, 0.2) is 72.8 Å². The standard InChI is InChI=1S/C30H28F3N3O5S2/c1-17(2)25(29(38)41-4)36(43(39)40)24-15-9-20(10-16-24)19-7-13-23(14-8-19)35-27(37)26-18(3)34-28(42-26)21-5-11-22(12-6-21)30(31,32)33/h5-17,25H,1-4H3,(H,35,37)(H,39,40)/p-1. The summed E-state index contributed by atoms with van der Waals surface area (Å²) in [7, 11) is 1.21. The molecule has 0 bridgehead atoms. The van der Waals surface area contributed by atoms with Crippen LogP contribution in [0.2, 0.25) is 0 Å². The summed E-state index contributed by atoms with van der Waals surface area (Å²) < 4.78 is 68.5. The fraction of sp³-hybridized carbons (Fsp3) is 0.233. The predicted octanol–water partition coefficient (Wildman–Crippen LogP) is 6.85. The summed E-state index contributed by atoms with van der Waals surface area (Å²) in [6.07, 6.45) is -4.44. The number of aromatic nitrogens is 1. The third-order valence-corrected chi connectivity index (χ3v) is 8.51. The summed E-state index contributed by atoms with van der Waals surface area (Å²) in [6.45, 7) is 5.11. The highest BCUT2D eigenvalue weighted by Crippen LogP contribution is 2.34. The molecule has 226 valence electrons. The lowest BCUT2D eigenvalue weighted by Crippen LogP contribution is -2.46. The van der Waals surface area contributed by atoms with E-state index in [9.17, 15) is 31.5 Å². The number of anilines is 2. The topological polar surface area (TPSA) is 112 Å². The van der Waals surface area contributed by atoms with Gasteiger partial charge in [-0.05, 0) is 60.4 Å². The number of nitrogens with zero attached hydrogens (tertiary/aromatic N) is 2. The number of benzene rings is 3. The molecule has 0 radical (unpaired) electrons. The summed E-state index contributed by atoms with van der Waals surface area (Å²) in [6, 6.07) is 17.2. The third-order valence-electron chi connectivity index (χ3n) is 6.55. The number of aryl methyl sites for hydroxylation is 1.